The van der Waals surface area contributed by atoms with Gasteiger partial charge in [0, 0.05) is 11.1 Å². The first kappa shape index (κ1) is 21.1. The minimum atomic E-state index is -3.80. The van der Waals surface area contributed by atoms with Crippen LogP contribution in [0.3, 0.4) is 0 Å². The summed E-state index contributed by atoms with van der Waals surface area (Å²) < 4.78 is 35.6. The molecule has 0 aliphatic rings. The predicted octanol–water partition coefficient (Wildman–Crippen LogP) is 3.42. The fourth-order valence-electron chi connectivity index (χ4n) is 2.29. The van der Waals surface area contributed by atoms with E-state index in [1.807, 2.05) is 0 Å². The average molecular weight is 433 g/mol. The predicted molar refractivity (Wildman–Crippen MR) is 107 cm³/mol. The van der Waals surface area contributed by atoms with Gasteiger partial charge < -0.3 is 14.8 Å². The molecule has 0 radical (unpaired) electrons. The Bertz CT molecular complexity index is 950. The number of carbonyl (C=O) groups is 1. The first-order chi connectivity index (χ1) is 12.7. The third-order valence-corrected chi connectivity index (χ3v) is 5.23. The minimum absolute atomic E-state index is 0.111. The smallest absolute Gasteiger partial charge is 0.245 e. The monoisotopic (exact) mass is 432 g/mol. The molecular weight excluding hydrogens is 415 g/mol. The number of carbonyl (C=O) groups excluding carboxylic acids is 1. The second-order valence-electron chi connectivity index (χ2n) is 5.48. The number of halogens is 2. The molecule has 2 aromatic carbocycles. The Labute approximate surface area is 167 Å². The van der Waals surface area contributed by atoms with Crippen molar-refractivity contribution in [1.82, 2.24) is 0 Å². The lowest BCUT2D eigenvalue weighted by Gasteiger charge is -2.23. The largest absolute Gasteiger partial charge is 0.497 e. The molecule has 0 aromatic heterocycles. The van der Waals surface area contributed by atoms with Crippen molar-refractivity contribution in [3.63, 3.8) is 0 Å². The standard InChI is InChI=1S/C17H18Cl2N2O5S/c1-25-12-5-7-16(26-2)14(9-12)20-17(22)10-21(27(3,23)24)15-8-11(18)4-6-13(15)19/h4-9H,10H2,1-3H3,(H,20,22). The Hall–Kier alpha value is -2.16. The van der Waals surface area contributed by atoms with Gasteiger partial charge in [0.25, 0.3) is 0 Å². The third-order valence-electron chi connectivity index (χ3n) is 3.55. The van der Waals surface area contributed by atoms with Crippen molar-refractivity contribution in [3.8, 4) is 11.5 Å². The molecule has 0 aliphatic heterocycles. The van der Waals surface area contributed by atoms with E-state index in [4.69, 9.17) is 32.7 Å². The van der Waals surface area contributed by atoms with Gasteiger partial charge in [0.1, 0.15) is 18.0 Å². The van der Waals surface area contributed by atoms with Crippen LogP contribution in [-0.4, -0.2) is 41.3 Å². The third kappa shape index (κ3) is 5.41. The number of methoxy groups -OCH3 is 2. The van der Waals surface area contributed by atoms with Gasteiger partial charge in [-0.2, -0.15) is 0 Å². The maximum atomic E-state index is 12.5. The zero-order valence-corrected chi connectivity index (χ0v) is 17.2. The number of rotatable bonds is 7. The quantitative estimate of drug-likeness (QED) is 0.724. The molecule has 0 saturated carbocycles. The first-order valence-electron chi connectivity index (χ1n) is 7.60. The minimum Gasteiger partial charge on any atom is -0.497 e. The summed E-state index contributed by atoms with van der Waals surface area (Å²) in [7, 11) is -0.863. The zero-order chi connectivity index (χ0) is 20.2. The highest BCUT2D eigenvalue weighted by Gasteiger charge is 2.24. The molecule has 1 amide bonds. The zero-order valence-electron chi connectivity index (χ0n) is 14.8. The van der Waals surface area contributed by atoms with E-state index < -0.39 is 22.5 Å². The molecule has 2 rings (SSSR count). The molecule has 0 atom stereocenters. The van der Waals surface area contributed by atoms with Crippen molar-refractivity contribution in [3.05, 3.63) is 46.4 Å². The van der Waals surface area contributed by atoms with Crippen LogP contribution >= 0.6 is 23.2 Å². The van der Waals surface area contributed by atoms with Crippen molar-refractivity contribution in [2.45, 2.75) is 0 Å². The second kappa shape index (κ2) is 8.69. The number of hydrogen-bond acceptors (Lipinski definition) is 5. The van der Waals surface area contributed by atoms with Crippen molar-refractivity contribution >= 4 is 50.5 Å². The van der Waals surface area contributed by atoms with Crippen LogP contribution in [0.25, 0.3) is 0 Å². The van der Waals surface area contributed by atoms with Crippen LogP contribution in [0.1, 0.15) is 0 Å². The molecule has 0 spiro atoms. The molecule has 27 heavy (non-hydrogen) atoms. The lowest BCUT2D eigenvalue weighted by Crippen LogP contribution is -2.37. The van der Waals surface area contributed by atoms with Crippen LogP contribution in [0.5, 0.6) is 11.5 Å². The fourth-order valence-corrected chi connectivity index (χ4v) is 3.59. The van der Waals surface area contributed by atoms with E-state index in [2.05, 4.69) is 5.32 Å². The molecule has 0 aliphatic carbocycles. The lowest BCUT2D eigenvalue weighted by molar-refractivity contribution is -0.114. The van der Waals surface area contributed by atoms with E-state index in [0.29, 0.717) is 17.2 Å². The van der Waals surface area contributed by atoms with E-state index in [1.165, 1.54) is 32.4 Å². The lowest BCUT2D eigenvalue weighted by atomic mass is 10.2. The topological polar surface area (TPSA) is 84.9 Å². The highest BCUT2D eigenvalue weighted by atomic mass is 35.5. The van der Waals surface area contributed by atoms with Gasteiger partial charge in [-0.05, 0) is 30.3 Å². The van der Waals surface area contributed by atoms with Gasteiger partial charge in [-0.3, -0.25) is 9.10 Å². The summed E-state index contributed by atoms with van der Waals surface area (Å²) in [6, 6.07) is 9.22. The molecule has 146 valence electrons. The number of nitrogens with zero attached hydrogens (tertiary/aromatic N) is 1. The first-order valence-corrected chi connectivity index (χ1v) is 10.2. The molecule has 0 unspecified atom stereocenters. The van der Waals surface area contributed by atoms with Gasteiger partial charge in [-0.1, -0.05) is 23.2 Å². The molecule has 0 saturated heterocycles. The van der Waals surface area contributed by atoms with Crippen LogP contribution in [0, 0.1) is 0 Å². The van der Waals surface area contributed by atoms with E-state index in [0.717, 1.165) is 10.6 Å². The molecule has 0 bridgehead atoms. The molecule has 0 heterocycles. The Balaban J connectivity index is 2.32. The van der Waals surface area contributed by atoms with Gasteiger partial charge in [0.05, 0.1) is 36.9 Å². The van der Waals surface area contributed by atoms with Crippen molar-refractivity contribution in [2.75, 3.05) is 36.6 Å². The summed E-state index contributed by atoms with van der Waals surface area (Å²) >= 11 is 12.0. The summed E-state index contributed by atoms with van der Waals surface area (Å²) in [5.41, 5.74) is 0.451. The molecular formula is C17H18Cl2N2O5S. The van der Waals surface area contributed by atoms with Crippen LogP contribution < -0.4 is 19.1 Å². The maximum Gasteiger partial charge on any atom is 0.245 e. The molecule has 1 N–H and O–H groups in total. The Morgan fingerprint density at radius 3 is 2.41 bits per heavy atom. The Morgan fingerprint density at radius 1 is 1.11 bits per heavy atom. The maximum absolute atomic E-state index is 12.5. The normalized spacial score (nSPS) is 11.0. The average Bonchev–Trinajstić information content (AvgIpc) is 2.61. The number of sulfonamides is 1. The van der Waals surface area contributed by atoms with E-state index in [1.54, 1.807) is 18.2 Å². The fraction of sp³-hybridized carbons (Fsp3) is 0.235. The Morgan fingerprint density at radius 2 is 1.81 bits per heavy atom. The van der Waals surface area contributed by atoms with Crippen LogP contribution in [0.2, 0.25) is 10.0 Å². The molecule has 0 fully saturated rings. The molecule has 7 nitrogen and oxygen atoms in total. The van der Waals surface area contributed by atoms with Gasteiger partial charge in [0.15, 0.2) is 0 Å². The highest BCUT2D eigenvalue weighted by molar-refractivity contribution is 7.92. The number of amides is 1. The number of benzene rings is 2. The van der Waals surface area contributed by atoms with Crippen molar-refractivity contribution in [1.29, 1.82) is 0 Å². The summed E-state index contributed by atoms with van der Waals surface area (Å²) in [5, 5.41) is 3.06. The van der Waals surface area contributed by atoms with Crippen LogP contribution in [0.15, 0.2) is 36.4 Å². The number of anilines is 2. The Kier molecular flexibility index (Phi) is 6.80. The molecule has 2 aromatic rings. The van der Waals surface area contributed by atoms with Crippen molar-refractivity contribution in [2.24, 2.45) is 0 Å². The van der Waals surface area contributed by atoms with Gasteiger partial charge in [0.2, 0.25) is 15.9 Å². The van der Waals surface area contributed by atoms with Crippen LogP contribution in [-0.2, 0) is 14.8 Å². The van der Waals surface area contributed by atoms with Gasteiger partial charge in [-0.15, -0.1) is 0 Å². The van der Waals surface area contributed by atoms with Gasteiger partial charge >= 0.3 is 0 Å². The summed E-state index contributed by atoms with van der Waals surface area (Å²) in [6.07, 6.45) is 0.976. The van der Waals surface area contributed by atoms with E-state index in [9.17, 15) is 13.2 Å². The van der Waals surface area contributed by atoms with E-state index >= 15 is 0 Å². The number of hydrogen-bond donors (Lipinski definition) is 1. The van der Waals surface area contributed by atoms with Crippen LogP contribution in [0.4, 0.5) is 11.4 Å². The number of ether oxygens (including phenoxy) is 2. The summed E-state index contributed by atoms with van der Waals surface area (Å²) in [6.45, 7) is -0.501. The molecule has 10 heteroatoms. The number of nitrogens with one attached hydrogen (secondary N) is 1. The van der Waals surface area contributed by atoms with Gasteiger partial charge in [-0.25, -0.2) is 8.42 Å². The van der Waals surface area contributed by atoms with Crippen molar-refractivity contribution < 1.29 is 22.7 Å². The second-order valence-corrected chi connectivity index (χ2v) is 8.23. The summed E-state index contributed by atoms with van der Waals surface area (Å²) in [4.78, 5) is 12.5. The highest BCUT2D eigenvalue weighted by Crippen LogP contribution is 2.32. The SMILES string of the molecule is COc1ccc(OC)c(NC(=O)CN(c2cc(Cl)ccc2Cl)S(C)(=O)=O)c1. The summed E-state index contributed by atoms with van der Waals surface area (Å²) in [5.74, 6) is 0.308. The van der Waals surface area contributed by atoms with E-state index in [-0.39, 0.29) is 15.7 Å².